The largest absolute Gasteiger partial charge is 0.453 e. The van der Waals surface area contributed by atoms with Crippen LogP contribution in [0.3, 0.4) is 0 Å². The van der Waals surface area contributed by atoms with E-state index in [0.717, 1.165) is 4.09 Å². The van der Waals surface area contributed by atoms with Crippen molar-refractivity contribution in [2.24, 2.45) is 0 Å². The Labute approximate surface area is 146 Å². The zero-order valence-electron chi connectivity index (χ0n) is 13.4. The second-order valence-electron chi connectivity index (χ2n) is 5.31. The van der Waals surface area contributed by atoms with Gasteiger partial charge in [-0.05, 0) is 30.3 Å². The maximum absolute atomic E-state index is 12.9. The maximum Gasteiger partial charge on any atom is 0.413 e. The average molecular weight is 372 g/mol. The topological polar surface area (TPSA) is 132 Å². The van der Waals surface area contributed by atoms with Crippen LogP contribution in [0, 0.1) is 0 Å². The van der Waals surface area contributed by atoms with Crippen molar-refractivity contribution >= 4 is 44.1 Å². The Hall–Kier alpha value is -3.47. The standard InChI is InChI=1S/C15H12N6O4S/c1-25-15(22)18-14-16-10-7-6-9(8-12(10)17-14)26(23,24)21-13-5-3-2-4-11(13)19-20-21/h2-8H,1H3,(H2,16,17,18,22). The molecule has 26 heavy (non-hydrogen) atoms. The monoisotopic (exact) mass is 372 g/mol. The minimum Gasteiger partial charge on any atom is -0.453 e. The lowest BCUT2D eigenvalue weighted by Crippen LogP contribution is -2.14. The molecule has 0 saturated heterocycles. The number of imidazole rings is 1. The summed E-state index contributed by atoms with van der Waals surface area (Å²) in [6.45, 7) is 0. The van der Waals surface area contributed by atoms with Gasteiger partial charge in [0.25, 0.3) is 10.0 Å². The summed E-state index contributed by atoms with van der Waals surface area (Å²) in [6, 6.07) is 11.1. The van der Waals surface area contributed by atoms with Gasteiger partial charge in [-0.2, -0.15) is 8.42 Å². The Morgan fingerprint density at radius 3 is 2.81 bits per heavy atom. The van der Waals surface area contributed by atoms with E-state index in [1.807, 2.05) is 0 Å². The third kappa shape index (κ3) is 2.54. The third-order valence-electron chi connectivity index (χ3n) is 3.71. The normalized spacial score (nSPS) is 11.7. The molecule has 0 aliphatic heterocycles. The van der Waals surface area contributed by atoms with Crippen LogP contribution in [0.5, 0.6) is 0 Å². The van der Waals surface area contributed by atoms with Gasteiger partial charge in [0.15, 0.2) is 0 Å². The highest BCUT2D eigenvalue weighted by atomic mass is 32.2. The molecular weight excluding hydrogens is 360 g/mol. The fourth-order valence-corrected chi connectivity index (χ4v) is 3.73. The molecule has 11 heteroatoms. The van der Waals surface area contributed by atoms with E-state index in [4.69, 9.17) is 0 Å². The number of carbonyl (C=O) groups excluding carboxylic acids is 1. The molecule has 2 N–H and O–H groups in total. The van der Waals surface area contributed by atoms with Crippen LogP contribution in [-0.2, 0) is 14.8 Å². The second kappa shape index (κ2) is 5.81. The van der Waals surface area contributed by atoms with E-state index in [-0.39, 0.29) is 10.8 Å². The summed E-state index contributed by atoms with van der Waals surface area (Å²) in [5, 5.41) is 10.0. The van der Waals surface area contributed by atoms with Gasteiger partial charge in [-0.15, -0.1) is 9.19 Å². The number of benzene rings is 2. The molecule has 0 aliphatic carbocycles. The number of fused-ring (bicyclic) bond motifs is 2. The average Bonchev–Trinajstić information content (AvgIpc) is 3.24. The highest BCUT2D eigenvalue weighted by Gasteiger charge is 2.22. The van der Waals surface area contributed by atoms with E-state index in [1.165, 1.54) is 25.3 Å². The number of rotatable bonds is 3. The van der Waals surface area contributed by atoms with Crippen LogP contribution >= 0.6 is 0 Å². The minimum atomic E-state index is -3.95. The van der Waals surface area contributed by atoms with Gasteiger partial charge in [0.05, 0.1) is 23.0 Å². The first kappa shape index (κ1) is 16.0. The lowest BCUT2D eigenvalue weighted by atomic mass is 10.3. The number of carbonyl (C=O) groups is 1. The van der Waals surface area contributed by atoms with Crippen molar-refractivity contribution in [3.63, 3.8) is 0 Å². The predicted molar refractivity (Wildman–Crippen MR) is 92.2 cm³/mol. The quantitative estimate of drug-likeness (QED) is 0.559. The number of anilines is 1. The summed E-state index contributed by atoms with van der Waals surface area (Å²) in [5.74, 6) is 0.146. The molecule has 132 valence electrons. The van der Waals surface area contributed by atoms with Crippen molar-refractivity contribution in [2.45, 2.75) is 4.90 Å². The Balaban J connectivity index is 1.79. The number of hydrogen-bond acceptors (Lipinski definition) is 7. The molecule has 2 aromatic carbocycles. The smallest absolute Gasteiger partial charge is 0.413 e. The van der Waals surface area contributed by atoms with Crippen LogP contribution < -0.4 is 5.32 Å². The van der Waals surface area contributed by atoms with Gasteiger partial charge < -0.3 is 9.72 Å². The Morgan fingerprint density at radius 2 is 2.00 bits per heavy atom. The Kier molecular flexibility index (Phi) is 3.58. The van der Waals surface area contributed by atoms with E-state index < -0.39 is 16.1 Å². The molecule has 0 aliphatic rings. The third-order valence-corrected chi connectivity index (χ3v) is 5.28. The van der Waals surface area contributed by atoms with Crippen molar-refractivity contribution in [1.82, 2.24) is 24.4 Å². The van der Waals surface area contributed by atoms with Gasteiger partial charge in [0, 0.05) is 0 Å². The number of aromatic nitrogens is 5. The molecule has 0 atom stereocenters. The number of ether oxygens (including phenoxy) is 1. The fourth-order valence-electron chi connectivity index (χ4n) is 2.48. The number of methoxy groups -OCH3 is 1. The van der Waals surface area contributed by atoms with Crippen molar-refractivity contribution < 1.29 is 17.9 Å². The minimum absolute atomic E-state index is 0.00826. The summed E-state index contributed by atoms with van der Waals surface area (Å²) in [6.07, 6.45) is -0.689. The highest BCUT2D eigenvalue weighted by molar-refractivity contribution is 7.90. The highest BCUT2D eigenvalue weighted by Crippen LogP contribution is 2.23. The lowest BCUT2D eigenvalue weighted by molar-refractivity contribution is 0.186. The van der Waals surface area contributed by atoms with Crippen LogP contribution in [0.2, 0.25) is 0 Å². The molecule has 0 unspecified atom stereocenters. The summed E-state index contributed by atoms with van der Waals surface area (Å²) in [7, 11) is -2.72. The first-order valence-electron chi connectivity index (χ1n) is 7.40. The molecule has 1 amide bonds. The first-order valence-corrected chi connectivity index (χ1v) is 8.84. The van der Waals surface area contributed by atoms with Gasteiger partial charge in [0.2, 0.25) is 5.95 Å². The van der Waals surface area contributed by atoms with E-state index >= 15 is 0 Å². The summed E-state index contributed by atoms with van der Waals surface area (Å²) < 4.78 is 31.2. The van der Waals surface area contributed by atoms with Gasteiger partial charge >= 0.3 is 6.09 Å². The van der Waals surface area contributed by atoms with Crippen LogP contribution in [0.15, 0.2) is 47.4 Å². The first-order chi connectivity index (χ1) is 12.5. The van der Waals surface area contributed by atoms with Crippen LogP contribution in [0.1, 0.15) is 0 Å². The Bertz CT molecular complexity index is 1240. The summed E-state index contributed by atoms with van der Waals surface area (Å²) >= 11 is 0. The zero-order chi connectivity index (χ0) is 18.3. The predicted octanol–water partition coefficient (Wildman–Crippen LogP) is 1.72. The van der Waals surface area contributed by atoms with E-state index in [0.29, 0.717) is 22.1 Å². The molecule has 2 heterocycles. The SMILES string of the molecule is COC(=O)Nc1nc2ccc(S(=O)(=O)n3nnc4ccccc43)cc2[nH]1. The van der Waals surface area contributed by atoms with Gasteiger partial charge in [-0.25, -0.2) is 9.78 Å². The van der Waals surface area contributed by atoms with E-state index in [1.54, 1.807) is 24.3 Å². The molecule has 0 saturated carbocycles. The number of H-pyrrole nitrogens is 1. The molecule has 4 rings (SSSR count). The molecule has 0 bridgehead atoms. The number of para-hydroxylation sites is 1. The van der Waals surface area contributed by atoms with Gasteiger partial charge in [-0.3, -0.25) is 5.32 Å². The van der Waals surface area contributed by atoms with Crippen molar-refractivity contribution in [1.29, 1.82) is 0 Å². The van der Waals surface area contributed by atoms with E-state index in [2.05, 4.69) is 30.3 Å². The Morgan fingerprint density at radius 1 is 1.19 bits per heavy atom. The number of aromatic amines is 1. The summed E-state index contributed by atoms with van der Waals surface area (Å²) in [4.78, 5) is 18.2. The molecule has 0 fully saturated rings. The summed E-state index contributed by atoms with van der Waals surface area (Å²) in [5.41, 5.74) is 1.77. The maximum atomic E-state index is 12.9. The van der Waals surface area contributed by atoms with Crippen LogP contribution in [0.4, 0.5) is 10.7 Å². The molecule has 10 nitrogen and oxygen atoms in total. The molecule has 0 radical (unpaired) electrons. The van der Waals surface area contributed by atoms with Crippen molar-refractivity contribution in [3.8, 4) is 0 Å². The number of nitrogens with zero attached hydrogens (tertiary/aromatic N) is 4. The number of amides is 1. The van der Waals surface area contributed by atoms with Crippen molar-refractivity contribution in [2.75, 3.05) is 12.4 Å². The van der Waals surface area contributed by atoms with Crippen LogP contribution in [0.25, 0.3) is 22.1 Å². The van der Waals surface area contributed by atoms with Gasteiger partial charge in [-0.1, -0.05) is 17.3 Å². The second-order valence-corrected chi connectivity index (χ2v) is 7.07. The zero-order valence-corrected chi connectivity index (χ0v) is 14.2. The van der Waals surface area contributed by atoms with Gasteiger partial charge in [0.1, 0.15) is 11.0 Å². The van der Waals surface area contributed by atoms with E-state index in [9.17, 15) is 13.2 Å². The lowest BCUT2D eigenvalue weighted by Gasteiger charge is -2.04. The molecule has 0 spiro atoms. The molecular formula is C15H12N6O4S. The fraction of sp³-hybridized carbons (Fsp3) is 0.0667. The number of nitrogens with one attached hydrogen (secondary N) is 2. The molecule has 2 aromatic heterocycles. The molecule has 4 aromatic rings. The number of hydrogen-bond donors (Lipinski definition) is 2. The van der Waals surface area contributed by atoms with Crippen molar-refractivity contribution in [3.05, 3.63) is 42.5 Å². The van der Waals surface area contributed by atoms with Crippen LogP contribution in [-0.4, -0.2) is 46.0 Å².